The summed E-state index contributed by atoms with van der Waals surface area (Å²) in [6.07, 6.45) is 3.24. The highest BCUT2D eigenvalue weighted by Crippen LogP contribution is 2.29. The van der Waals surface area contributed by atoms with E-state index in [-0.39, 0.29) is 5.82 Å². The lowest BCUT2D eigenvalue weighted by Gasteiger charge is -2.07. The van der Waals surface area contributed by atoms with Crippen LogP contribution < -0.4 is 4.74 Å². The first-order valence-electron chi connectivity index (χ1n) is 4.70. The van der Waals surface area contributed by atoms with Crippen LogP contribution in [0.2, 0.25) is 0 Å². The third-order valence-electron chi connectivity index (χ3n) is 2.11. The topological polar surface area (TPSA) is 22.1 Å². The summed E-state index contributed by atoms with van der Waals surface area (Å²) in [4.78, 5) is 3.92. The van der Waals surface area contributed by atoms with Crippen LogP contribution in [0, 0.1) is 12.7 Å². The van der Waals surface area contributed by atoms with Crippen molar-refractivity contribution in [1.29, 1.82) is 0 Å². The standard InChI is InChI=1S/C12H9BrFNO/c1-8-2-3-9(6-11(8)14)16-12-4-5-15-7-10(12)13/h2-7H,1H3. The lowest BCUT2D eigenvalue weighted by atomic mass is 10.2. The monoisotopic (exact) mass is 281 g/mol. The first-order chi connectivity index (χ1) is 7.66. The Balaban J connectivity index is 2.28. The van der Waals surface area contributed by atoms with E-state index in [9.17, 15) is 4.39 Å². The van der Waals surface area contributed by atoms with Crippen LogP contribution in [0.15, 0.2) is 41.1 Å². The van der Waals surface area contributed by atoms with Gasteiger partial charge in [0.1, 0.15) is 17.3 Å². The zero-order valence-corrected chi connectivity index (χ0v) is 10.2. The molecule has 1 heterocycles. The van der Waals surface area contributed by atoms with Crippen LogP contribution >= 0.6 is 15.9 Å². The highest BCUT2D eigenvalue weighted by atomic mass is 79.9. The Kier molecular flexibility index (Phi) is 3.19. The third-order valence-corrected chi connectivity index (χ3v) is 2.70. The summed E-state index contributed by atoms with van der Waals surface area (Å²) < 4.78 is 19.5. The molecule has 0 aliphatic heterocycles. The molecule has 0 aliphatic carbocycles. The summed E-state index contributed by atoms with van der Waals surface area (Å²) in [5, 5.41) is 0. The summed E-state index contributed by atoms with van der Waals surface area (Å²) in [6, 6.07) is 6.48. The maximum atomic E-state index is 13.3. The van der Waals surface area contributed by atoms with Gasteiger partial charge in [-0.1, -0.05) is 6.07 Å². The molecule has 0 spiro atoms. The maximum absolute atomic E-state index is 13.3. The molecule has 0 N–H and O–H groups in total. The zero-order valence-electron chi connectivity index (χ0n) is 8.58. The predicted molar refractivity (Wildman–Crippen MR) is 63.1 cm³/mol. The summed E-state index contributed by atoms with van der Waals surface area (Å²) in [7, 11) is 0. The molecule has 0 radical (unpaired) electrons. The van der Waals surface area contributed by atoms with E-state index in [2.05, 4.69) is 20.9 Å². The molecule has 0 saturated heterocycles. The molecule has 0 aliphatic rings. The molecule has 0 atom stereocenters. The van der Waals surface area contributed by atoms with Gasteiger partial charge in [-0.3, -0.25) is 4.98 Å². The maximum Gasteiger partial charge on any atom is 0.144 e. The van der Waals surface area contributed by atoms with E-state index in [0.29, 0.717) is 17.1 Å². The molecular weight excluding hydrogens is 273 g/mol. The third kappa shape index (κ3) is 2.39. The van der Waals surface area contributed by atoms with Gasteiger partial charge >= 0.3 is 0 Å². The minimum atomic E-state index is -0.275. The molecule has 0 unspecified atom stereocenters. The summed E-state index contributed by atoms with van der Waals surface area (Å²) in [5.74, 6) is 0.802. The summed E-state index contributed by atoms with van der Waals surface area (Å²) >= 11 is 3.31. The van der Waals surface area contributed by atoms with Crippen molar-refractivity contribution in [2.45, 2.75) is 6.92 Å². The summed E-state index contributed by atoms with van der Waals surface area (Å²) in [6.45, 7) is 1.71. The summed E-state index contributed by atoms with van der Waals surface area (Å²) in [5.41, 5.74) is 0.598. The first kappa shape index (κ1) is 11.1. The smallest absolute Gasteiger partial charge is 0.144 e. The fourth-order valence-corrected chi connectivity index (χ4v) is 1.54. The second-order valence-electron chi connectivity index (χ2n) is 3.32. The molecule has 82 valence electrons. The van der Waals surface area contributed by atoms with Gasteiger partial charge < -0.3 is 4.74 Å². The van der Waals surface area contributed by atoms with Gasteiger partial charge in [0.25, 0.3) is 0 Å². The second-order valence-corrected chi connectivity index (χ2v) is 4.17. The number of hydrogen-bond donors (Lipinski definition) is 0. The van der Waals surface area contributed by atoms with Crippen LogP contribution in [0.1, 0.15) is 5.56 Å². The fraction of sp³-hybridized carbons (Fsp3) is 0.0833. The van der Waals surface area contributed by atoms with Gasteiger partial charge in [-0.25, -0.2) is 4.39 Å². The van der Waals surface area contributed by atoms with Crippen LogP contribution in [0.4, 0.5) is 4.39 Å². The Morgan fingerprint density at radius 1 is 1.31 bits per heavy atom. The fourth-order valence-electron chi connectivity index (χ4n) is 1.21. The van der Waals surface area contributed by atoms with Crippen molar-refractivity contribution < 1.29 is 9.13 Å². The highest BCUT2D eigenvalue weighted by Gasteiger charge is 2.04. The highest BCUT2D eigenvalue weighted by molar-refractivity contribution is 9.10. The molecule has 2 aromatic rings. The van der Waals surface area contributed by atoms with E-state index in [1.54, 1.807) is 37.5 Å². The van der Waals surface area contributed by atoms with Crippen molar-refractivity contribution in [3.05, 3.63) is 52.5 Å². The van der Waals surface area contributed by atoms with Gasteiger partial charge in [-0.2, -0.15) is 0 Å². The quantitative estimate of drug-likeness (QED) is 0.827. The minimum absolute atomic E-state index is 0.275. The van der Waals surface area contributed by atoms with Crippen molar-refractivity contribution in [1.82, 2.24) is 4.98 Å². The first-order valence-corrected chi connectivity index (χ1v) is 5.49. The molecule has 0 bridgehead atoms. The van der Waals surface area contributed by atoms with Gasteiger partial charge in [0.2, 0.25) is 0 Å². The minimum Gasteiger partial charge on any atom is -0.456 e. The second kappa shape index (κ2) is 4.61. The average molecular weight is 282 g/mol. The number of aromatic nitrogens is 1. The van der Waals surface area contributed by atoms with Crippen LogP contribution in [0.5, 0.6) is 11.5 Å². The SMILES string of the molecule is Cc1ccc(Oc2ccncc2Br)cc1F. The average Bonchev–Trinajstić information content (AvgIpc) is 2.27. The Morgan fingerprint density at radius 2 is 2.12 bits per heavy atom. The van der Waals surface area contributed by atoms with Crippen molar-refractivity contribution in [3.63, 3.8) is 0 Å². The number of benzene rings is 1. The van der Waals surface area contributed by atoms with E-state index in [0.717, 1.165) is 4.47 Å². The van der Waals surface area contributed by atoms with E-state index in [1.165, 1.54) is 6.07 Å². The van der Waals surface area contributed by atoms with E-state index in [1.807, 2.05) is 0 Å². The van der Waals surface area contributed by atoms with Gasteiger partial charge in [0.15, 0.2) is 0 Å². The van der Waals surface area contributed by atoms with E-state index >= 15 is 0 Å². The number of nitrogens with zero attached hydrogens (tertiary/aromatic N) is 1. The molecule has 0 saturated carbocycles. The van der Waals surface area contributed by atoms with Gasteiger partial charge in [-0.05, 0) is 34.5 Å². The van der Waals surface area contributed by atoms with Crippen molar-refractivity contribution >= 4 is 15.9 Å². The number of ether oxygens (including phenoxy) is 1. The zero-order chi connectivity index (χ0) is 11.5. The predicted octanol–water partition coefficient (Wildman–Crippen LogP) is 4.08. The van der Waals surface area contributed by atoms with E-state index < -0.39 is 0 Å². The lowest BCUT2D eigenvalue weighted by molar-refractivity contribution is 0.472. The molecule has 0 amide bonds. The number of pyridine rings is 1. The molecule has 2 rings (SSSR count). The normalized spacial score (nSPS) is 10.2. The molecule has 1 aromatic heterocycles. The van der Waals surface area contributed by atoms with Gasteiger partial charge in [-0.15, -0.1) is 0 Å². The molecule has 0 fully saturated rings. The van der Waals surface area contributed by atoms with Crippen molar-refractivity contribution in [2.75, 3.05) is 0 Å². The molecule has 4 heteroatoms. The van der Waals surface area contributed by atoms with Gasteiger partial charge in [0, 0.05) is 24.5 Å². The van der Waals surface area contributed by atoms with Crippen molar-refractivity contribution in [3.8, 4) is 11.5 Å². The van der Waals surface area contributed by atoms with Crippen LogP contribution in [0.3, 0.4) is 0 Å². The van der Waals surface area contributed by atoms with Crippen LogP contribution in [-0.2, 0) is 0 Å². The van der Waals surface area contributed by atoms with E-state index in [4.69, 9.17) is 4.74 Å². The number of aryl methyl sites for hydroxylation is 1. The Labute approximate surface area is 101 Å². The molecule has 16 heavy (non-hydrogen) atoms. The number of halogens is 2. The van der Waals surface area contributed by atoms with Crippen molar-refractivity contribution in [2.24, 2.45) is 0 Å². The Bertz CT molecular complexity index is 516. The molecule has 1 aromatic carbocycles. The van der Waals surface area contributed by atoms with Gasteiger partial charge in [0.05, 0.1) is 4.47 Å². The Morgan fingerprint density at radius 3 is 2.81 bits per heavy atom. The van der Waals surface area contributed by atoms with Crippen LogP contribution in [-0.4, -0.2) is 4.98 Å². The lowest BCUT2D eigenvalue weighted by Crippen LogP contribution is -1.88. The molecular formula is C12H9BrFNO. The Hall–Kier alpha value is -1.42. The number of hydrogen-bond acceptors (Lipinski definition) is 2. The largest absolute Gasteiger partial charge is 0.456 e. The molecule has 2 nitrogen and oxygen atoms in total. The number of rotatable bonds is 2. The van der Waals surface area contributed by atoms with Crippen LogP contribution in [0.25, 0.3) is 0 Å².